The van der Waals surface area contributed by atoms with Crippen molar-refractivity contribution in [3.63, 3.8) is 0 Å². The molecular weight excluding hydrogens is 490 g/mol. The van der Waals surface area contributed by atoms with Gasteiger partial charge in [0.1, 0.15) is 41.0 Å². The zero-order valence-corrected chi connectivity index (χ0v) is 22.3. The lowest BCUT2D eigenvalue weighted by atomic mass is 9.93. The van der Waals surface area contributed by atoms with Crippen molar-refractivity contribution in [2.24, 2.45) is 5.41 Å². The Hall–Kier alpha value is -4.71. The van der Waals surface area contributed by atoms with Gasteiger partial charge in [0.2, 0.25) is 0 Å². The van der Waals surface area contributed by atoms with Crippen LogP contribution >= 0.6 is 0 Å². The average molecular weight is 522 g/mol. The molecule has 2 N–H and O–H groups in total. The molecule has 5 rings (SSSR count). The molecule has 0 unspecified atom stereocenters. The molecule has 9 heteroatoms. The summed E-state index contributed by atoms with van der Waals surface area (Å²) < 4.78 is 7.73. The molecule has 1 fully saturated rings. The molecule has 2 aromatic carbocycles. The highest BCUT2D eigenvalue weighted by atomic mass is 16.5. The van der Waals surface area contributed by atoms with Crippen LogP contribution in [-0.2, 0) is 11.3 Å². The number of ether oxygens (including phenoxy) is 1. The molecule has 0 radical (unpaired) electrons. The van der Waals surface area contributed by atoms with E-state index in [9.17, 15) is 10.1 Å². The third-order valence-corrected chi connectivity index (χ3v) is 6.62. The minimum Gasteiger partial charge on any atom is -0.457 e. The summed E-state index contributed by atoms with van der Waals surface area (Å²) in [4.78, 5) is 23.8. The predicted molar refractivity (Wildman–Crippen MR) is 150 cm³/mol. The molecule has 1 amide bonds. The summed E-state index contributed by atoms with van der Waals surface area (Å²) in [6.45, 7) is 6.95. The lowest BCUT2D eigenvalue weighted by Crippen LogP contribution is -2.39. The van der Waals surface area contributed by atoms with Crippen molar-refractivity contribution in [1.82, 2.24) is 24.6 Å². The standard InChI is InChI=1S/C30H31N7O2/c1-30(2,3)16-21(17-31)29(38)36-15-7-8-22(36)18-37-28-25(27(32)33-19-34-28)26(35-37)20-11-13-24(14-12-20)39-23-9-5-4-6-10-23/h4-6,9-14,16,19,22H,7-8,15,18H2,1-3H3,(H2,32,33,34)/b21-16-/t22-/m1/s1. The van der Waals surface area contributed by atoms with Gasteiger partial charge in [-0.2, -0.15) is 10.4 Å². The first kappa shape index (κ1) is 25.9. The molecule has 0 aliphatic carbocycles. The quantitative estimate of drug-likeness (QED) is 0.268. The number of nitriles is 1. The summed E-state index contributed by atoms with van der Waals surface area (Å²) in [5, 5.41) is 15.2. The van der Waals surface area contributed by atoms with E-state index < -0.39 is 0 Å². The number of allylic oxidation sites excluding steroid dienone is 1. The maximum atomic E-state index is 13.3. The first-order valence-electron chi connectivity index (χ1n) is 13.0. The lowest BCUT2D eigenvalue weighted by Gasteiger charge is -2.25. The van der Waals surface area contributed by atoms with Crippen LogP contribution in [0, 0.1) is 16.7 Å². The van der Waals surface area contributed by atoms with Gasteiger partial charge in [0, 0.05) is 12.1 Å². The number of hydrogen-bond acceptors (Lipinski definition) is 7. The number of likely N-dealkylation sites (tertiary alicyclic amines) is 1. The predicted octanol–water partition coefficient (Wildman–Crippen LogP) is 5.35. The van der Waals surface area contributed by atoms with Crippen molar-refractivity contribution in [3.05, 3.63) is 72.6 Å². The van der Waals surface area contributed by atoms with Crippen LogP contribution in [0.4, 0.5) is 5.82 Å². The number of para-hydroxylation sites is 1. The second kappa shape index (κ2) is 10.6. The number of carbonyl (C=O) groups excluding carboxylic acids is 1. The van der Waals surface area contributed by atoms with E-state index in [1.807, 2.05) is 75.4 Å². The lowest BCUT2D eigenvalue weighted by molar-refractivity contribution is -0.127. The Morgan fingerprint density at radius 2 is 1.85 bits per heavy atom. The van der Waals surface area contributed by atoms with Gasteiger partial charge < -0.3 is 15.4 Å². The summed E-state index contributed by atoms with van der Waals surface area (Å²) in [6, 6.07) is 19.2. The number of anilines is 1. The van der Waals surface area contributed by atoms with Gasteiger partial charge in [-0.15, -0.1) is 0 Å². The minimum atomic E-state index is -0.279. The number of hydrogen-bond donors (Lipinski definition) is 1. The smallest absolute Gasteiger partial charge is 0.264 e. The van der Waals surface area contributed by atoms with Crippen LogP contribution in [0.25, 0.3) is 22.3 Å². The molecule has 1 atom stereocenters. The Morgan fingerprint density at radius 1 is 1.13 bits per heavy atom. The van der Waals surface area contributed by atoms with Crippen LogP contribution in [0.15, 0.2) is 72.6 Å². The molecule has 198 valence electrons. The third-order valence-electron chi connectivity index (χ3n) is 6.62. The first-order chi connectivity index (χ1) is 18.7. The number of nitrogen functional groups attached to an aromatic ring is 1. The Balaban J connectivity index is 1.44. The molecule has 0 saturated carbocycles. The summed E-state index contributed by atoms with van der Waals surface area (Å²) in [5.74, 6) is 1.56. The Labute approximate surface area is 227 Å². The van der Waals surface area contributed by atoms with Gasteiger partial charge in [-0.3, -0.25) is 4.79 Å². The van der Waals surface area contributed by atoms with Gasteiger partial charge in [0.15, 0.2) is 5.65 Å². The average Bonchev–Trinajstić information content (AvgIpc) is 3.53. The monoisotopic (exact) mass is 521 g/mol. The maximum Gasteiger partial charge on any atom is 0.264 e. The summed E-state index contributed by atoms with van der Waals surface area (Å²) >= 11 is 0. The van der Waals surface area contributed by atoms with Crippen LogP contribution < -0.4 is 10.5 Å². The van der Waals surface area contributed by atoms with E-state index in [4.69, 9.17) is 15.6 Å². The highest BCUT2D eigenvalue weighted by molar-refractivity contribution is 5.99. The van der Waals surface area contributed by atoms with Crippen LogP contribution in [0.5, 0.6) is 11.5 Å². The van der Waals surface area contributed by atoms with Gasteiger partial charge >= 0.3 is 0 Å². The second-order valence-corrected chi connectivity index (χ2v) is 10.8. The van der Waals surface area contributed by atoms with E-state index in [-0.39, 0.29) is 22.9 Å². The number of nitrogens with zero attached hydrogens (tertiary/aromatic N) is 6. The number of carbonyl (C=O) groups is 1. The molecule has 1 aliphatic heterocycles. The fourth-order valence-electron chi connectivity index (χ4n) is 4.89. The van der Waals surface area contributed by atoms with Gasteiger partial charge in [0.25, 0.3) is 5.91 Å². The molecule has 0 spiro atoms. The van der Waals surface area contributed by atoms with Crippen LogP contribution in [0.2, 0.25) is 0 Å². The van der Waals surface area contributed by atoms with Crippen molar-refractivity contribution >= 4 is 22.8 Å². The Morgan fingerprint density at radius 3 is 2.54 bits per heavy atom. The number of rotatable bonds is 6. The molecule has 2 aromatic heterocycles. The highest BCUT2D eigenvalue weighted by Gasteiger charge is 2.32. The summed E-state index contributed by atoms with van der Waals surface area (Å²) in [6.07, 6.45) is 4.83. The van der Waals surface area contributed by atoms with Crippen molar-refractivity contribution < 1.29 is 9.53 Å². The molecule has 39 heavy (non-hydrogen) atoms. The largest absolute Gasteiger partial charge is 0.457 e. The maximum absolute atomic E-state index is 13.3. The van der Waals surface area contributed by atoms with Crippen LogP contribution in [0.3, 0.4) is 0 Å². The highest BCUT2D eigenvalue weighted by Crippen LogP contribution is 2.33. The van der Waals surface area contributed by atoms with E-state index in [1.165, 1.54) is 6.33 Å². The number of amides is 1. The van der Waals surface area contributed by atoms with E-state index in [2.05, 4.69) is 16.0 Å². The van der Waals surface area contributed by atoms with Crippen molar-refractivity contribution in [1.29, 1.82) is 5.26 Å². The molecule has 0 bridgehead atoms. The van der Waals surface area contributed by atoms with Crippen molar-refractivity contribution in [2.75, 3.05) is 12.3 Å². The van der Waals surface area contributed by atoms with Crippen LogP contribution in [0.1, 0.15) is 33.6 Å². The fourth-order valence-corrected chi connectivity index (χ4v) is 4.89. The SMILES string of the molecule is CC(C)(C)/C=C(/C#N)C(=O)N1CCC[C@@H]1Cn1nc(-c2ccc(Oc3ccccc3)cc2)c2c(N)ncnc21. The van der Waals surface area contributed by atoms with Crippen LogP contribution in [-0.4, -0.2) is 43.1 Å². The van der Waals surface area contributed by atoms with E-state index >= 15 is 0 Å². The normalized spacial score (nSPS) is 15.9. The van der Waals surface area contributed by atoms with E-state index in [1.54, 1.807) is 15.7 Å². The Bertz CT molecular complexity index is 1560. The Kier molecular flexibility index (Phi) is 7.03. The number of aromatic nitrogens is 4. The topological polar surface area (TPSA) is 123 Å². The summed E-state index contributed by atoms with van der Waals surface area (Å²) in [5.41, 5.74) is 8.31. The molecular formula is C30H31N7O2. The minimum absolute atomic E-state index is 0.122. The number of benzene rings is 2. The van der Waals surface area contributed by atoms with Gasteiger partial charge in [0.05, 0.1) is 18.0 Å². The summed E-state index contributed by atoms with van der Waals surface area (Å²) in [7, 11) is 0. The first-order valence-corrected chi connectivity index (χ1v) is 13.0. The van der Waals surface area contributed by atoms with E-state index in [0.29, 0.717) is 41.4 Å². The zero-order valence-electron chi connectivity index (χ0n) is 22.3. The molecule has 9 nitrogen and oxygen atoms in total. The zero-order chi connectivity index (χ0) is 27.6. The number of fused-ring (bicyclic) bond motifs is 1. The molecule has 4 aromatic rings. The van der Waals surface area contributed by atoms with Gasteiger partial charge in [-0.05, 0) is 54.7 Å². The van der Waals surface area contributed by atoms with Gasteiger partial charge in [-0.1, -0.05) is 45.0 Å². The third kappa shape index (κ3) is 5.60. The molecule has 1 aliphatic rings. The molecule has 3 heterocycles. The number of nitrogens with two attached hydrogens (primary N) is 1. The van der Waals surface area contributed by atoms with E-state index in [0.717, 1.165) is 24.2 Å². The van der Waals surface area contributed by atoms with Crippen molar-refractivity contribution in [2.45, 2.75) is 46.2 Å². The van der Waals surface area contributed by atoms with Gasteiger partial charge in [-0.25, -0.2) is 14.6 Å². The fraction of sp³-hybridized carbons (Fsp3) is 0.300. The van der Waals surface area contributed by atoms with Crippen molar-refractivity contribution in [3.8, 4) is 28.8 Å². The second-order valence-electron chi connectivity index (χ2n) is 10.8. The molecule has 1 saturated heterocycles.